The van der Waals surface area contributed by atoms with Crippen LogP contribution in [0.5, 0.6) is 0 Å². The minimum Gasteiger partial charge on any atom is -0.465 e. The summed E-state index contributed by atoms with van der Waals surface area (Å²) in [7, 11) is 0. The van der Waals surface area contributed by atoms with E-state index in [0.717, 1.165) is 25.7 Å². The number of carbonyl (C=O) groups is 1. The number of nitrogens with zero attached hydrogens (tertiary/aromatic N) is 1. The molecule has 18 heavy (non-hydrogen) atoms. The van der Waals surface area contributed by atoms with Crippen molar-refractivity contribution in [2.75, 3.05) is 19.8 Å². The van der Waals surface area contributed by atoms with Crippen molar-refractivity contribution in [1.82, 2.24) is 0 Å². The van der Waals surface area contributed by atoms with E-state index < -0.39 is 17.2 Å². The largest absolute Gasteiger partial charge is 0.465 e. The first kappa shape index (κ1) is 13.3. The van der Waals surface area contributed by atoms with Crippen molar-refractivity contribution in [3.8, 4) is 6.07 Å². The van der Waals surface area contributed by atoms with E-state index in [1.165, 1.54) is 6.42 Å². The molecule has 1 spiro atoms. The zero-order chi connectivity index (χ0) is 13.1. The van der Waals surface area contributed by atoms with Gasteiger partial charge in [0.1, 0.15) is 0 Å². The van der Waals surface area contributed by atoms with Crippen LogP contribution in [0, 0.1) is 16.7 Å². The van der Waals surface area contributed by atoms with Gasteiger partial charge in [-0.05, 0) is 19.8 Å². The lowest BCUT2D eigenvalue weighted by atomic mass is 9.87. The number of hydrogen-bond donors (Lipinski definition) is 0. The van der Waals surface area contributed by atoms with Gasteiger partial charge < -0.3 is 14.2 Å². The molecule has 2 rings (SSSR count). The highest BCUT2D eigenvalue weighted by molar-refractivity contribution is 5.80. The number of carbonyl (C=O) groups excluding carboxylic acids is 1. The first-order valence-corrected chi connectivity index (χ1v) is 6.53. The van der Waals surface area contributed by atoms with Gasteiger partial charge in [0.25, 0.3) is 0 Å². The summed E-state index contributed by atoms with van der Waals surface area (Å²) in [5.41, 5.74) is -1.29. The van der Waals surface area contributed by atoms with Crippen LogP contribution in [0.3, 0.4) is 0 Å². The summed E-state index contributed by atoms with van der Waals surface area (Å²) >= 11 is 0. The lowest BCUT2D eigenvalue weighted by Crippen LogP contribution is -2.53. The fourth-order valence-electron chi connectivity index (χ4n) is 2.47. The molecular weight excluding hydrogens is 234 g/mol. The molecule has 1 heterocycles. The van der Waals surface area contributed by atoms with Crippen LogP contribution in [0.25, 0.3) is 0 Å². The van der Waals surface area contributed by atoms with Gasteiger partial charge in [0.05, 0.1) is 25.9 Å². The number of nitriles is 1. The molecule has 1 saturated heterocycles. The Labute approximate surface area is 107 Å². The highest BCUT2D eigenvalue weighted by atomic mass is 16.7. The second-order valence-electron chi connectivity index (χ2n) is 4.96. The Hall–Kier alpha value is -1.12. The Morgan fingerprint density at radius 1 is 1.28 bits per heavy atom. The monoisotopic (exact) mass is 253 g/mol. The van der Waals surface area contributed by atoms with Gasteiger partial charge in [-0.2, -0.15) is 5.26 Å². The molecule has 0 atom stereocenters. The Morgan fingerprint density at radius 2 is 1.89 bits per heavy atom. The van der Waals surface area contributed by atoms with Crippen molar-refractivity contribution >= 4 is 5.97 Å². The number of esters is 1. The maximum Gasteiger partial charge on any atom is 0.331 e. The molecule has 0 amide bonds. The molecule has 5 nitrogen and oxygen atoms in total. The zero-order valence-electron chi connectivity index (χ0n) is 10.7. The van der Waals surface area contributed by atoms with Gasteiger partial charge >= 0.3 is 5.97 Å². The lowest BCUT2D eigenvalue weighted by Gasteiger charge is -2.44. The first-order chi connectivity index (χ1) is 8.66. The summed E-state index contributed by atoms with van der Waals surface area (Å²) in [6.07, 6.45) is 5.02. The van der Waals surface area contributed by atoms with Crippen molar-refractivity contribution in [1.29, 1.82) is 5.26 Å². The Bertz CT molecular complexity index is 344. The predicted octanol–water partition coefficient (Wildman–Crippen LogP) is 1.77. The molecule has 0 aromatic rings. The van der Waals surface area contributed by atoms with E-state index in [0.29, 0.717) is 0 Å². The second-order valence-corrected chi connectivity index (χ2v) is 4.96. The van der Waals surface area contributed by atoms with Gasteiger partial charge in [-0.15, -0.1) is 0 Å². The summed E-state index contributed by atoms with van der Waals surface area (Å²) in [6, 6.07) is 2.00. The van der Waals surface area contributed by atoms with Crippen molar-refractivity contribution in [3.05, 3.63) is 0 Å². The zero-order valence-corrected chi connectivity index (χ0v) is 10.7. The standard InChI is InChI=1S/C13H19NO4/c1-2-16-11(15)12(8-14)9-17-13(18-10-12)6-4-3-5-7-13/h2-7,9-10H2,1H3. The van der Waals surface area contributed by atoms with Gasteiger partial charge in [-0.1, -0.05) is 6.42 Å². The summed E-state index contributed by atoms with van der Waals surface area (Å²) < 4.78 is 16.4. The summed E-state index contributed by atoms with van der Waals surface area (Å²) in [5, 5.41) is 9.21. The van der Waals surface area contributed by atoms with E-state index in [2.05, 4.69) is 0 Å². The molecule has 0 aromatic carbocycles. The van der Waals surface area contributed by atoms with Crippen molar-refractivity contribution in [3.63, 3.8) is 0 Å². The van der Waals surface area contributed by atoms with E-state index in [4.69, 9.17) is 14.2 Å². The highest BCUT2D eigenvalue weighted by Crippen LogP contribution is 2.39. The third kappa shape index (κ3) is 2.36. The SMILES string of the molecule is CCOC(=O)C1(C#N)COC2(CCCCC2)OC1. The maximum atomic E-state index is 11.8. The normalized spacial score (nSPS) is 25.3. The van der Waals surface area contributed by atoms with Crippen molar-refractivity contribution in [2.45, 2.75) is 44.8 Å². The van der Waals surface area contributed by atoms with Gasteiger partial charge in [-0.25, -0.2) is 0 Å². The van der Waals surface area contributed by atoms with Gasteiger partial charge in [0, 0.05) is 12.8 Å². The number of rotatable bonds is 2. The quantitative estimate of drug-likeness (QED) is 0.701. The van der Waals surface area contributed by atoms with Crippen LogP contribution in [-0.4, -0.2) is 31.6 Å². The summed E-state index contributed by atoms with van der Waals surface area (Å²) in [5.74, 6) is -1.11. The van der Waals surface area contributed by atoms with E-state index in [9.17, 15) is 10.1 Å². The van der Waals surface area contributed by atoms with E-state index in [1.807, 2.05) is 6.07 Å². The summed E-state index contributed by atoms with van der Waals surface area (Å²) in [6.45, 7) is 2.12. The molecule has 1 saturated carbocycles. The molecule has 1 aliphatic heterocycles. The average molecular weight is 253 g/mol. The number of hydrogen-bond acceptors (Lipinski definition) is 5. The van der Waals surface area contributed by atoms with E-state index in [1.54, 1.807) is 6.92 Å². The Kier molecular flexibility index (Phi) is 3.88. The van der Waals surface area contributed by atoms with Crippen LogP contribution in [0.2, 0.25) is 0 Å². The minimum atomic E-state index is -1.29. The van der Waals surface area contributed by atoms with Gasteiger partial charge in [0.2, 0.25) is 5.41 Å². The molecule has 5 heteroatoms. The lowest BCUT2D eigenvalue weighted by molar-refractivity contribution is -0.304. The molecule has 0 bridgehead atoms. The predicted molar refractivity (Wildman–Crippen MR) is 62.4 cm³/mol. The van der Waals surface area contributed by atoms with Crippen molar-refractivity contribution in [2.24, 2.45) is 5.41 Å². The van der Waals surface area contributed by atoms with Crippen LogP contribution in [0.4, 0.5) is 0 Å². The molecule has 0 radical (unpaired) electrons. The first-order valence-electron chi connectivity index (χ1n) is 6.53. The number of ether oxygens (including phenoxy) is 3. The average Bonchev–Trinajstić information content (AvgIpc) is 2.41. The molecule has 100 valence electrons. The van der Waals surface area contributed by atoms with E-state index >= 15 is 0 Å². The molecule has 2 aliphatic rings. The molecule has 0 aromatic heterocycles. The third-order valence-electron chi connectivity index (χ3n) is 3.66. The fraction of sp³-hybridized carbons (Fsp3) is 0.846. The minimum absolute atomic E-state index is 0.0718. The van der Waals surface area contributed by atoms with Crippen molar-refractivity contribution < 1.29 is 19.0 Å². The van der Waals surface area contributed by atoms with Crippen LogP contribution in [0.1, 0.15) is 39.0 Å². The van der Waals surface area contributed by atoms with E-state index in [-0.39, 0.29) is 19.8 Å². The van der Waals surface area contributed by atoms with Gasteiger partial charge in [0.15, 0.2) is 5.79 Å². The molecule has 1 aliphatic carbocycles. The van der Waals surface area contributed by atoms with Crippen LogP contribution < -0.4 is 0 Å². The van der Waals surface area contributed by atoms with Crippen LogP contribution in [0.15, 0.2) is 0 Å². The Balaban J connectivity index is 2.03. The second kappa shape index (κ2) is 5.25. The maximum absolute atomic E-state index is 11.8. The highest BCUT2D eigenvalue weighted by Gasteiger charge is 2.50. The van der Waals surface area contributed by atoms with Crippen LogP contribution >= 0.6 is 0 Å². The fourth-order valence-corrected chi connectivity index (χ4v) is 2.47. The topological polar surface area (TPSA) is 68.6 Å². The van der Waals surface area contributed by atoms with Gasteiger partial charge in [-0.3, -0.25) is 4.79 Å². The smallest absolute Gasteiger partial charge is 0.331 e. The molecule has 0 N–H and O–H groups in total. The molecule has 2 fully saturated rings. The Morgan fingerprint density at radius 3 is 2.39 bits per heavy atom. The van der Waals surface area contributed by atoms with Crippen LogP contribution in [-0.2, 0) is 19.0 Å². The third-order valence-corrected chi connectivity index (χ3v) is 3.66. The molecule has 0 unspecified atom stereocenters. The summed E-state index contributed by atoms with van der Waals surface area (Å²) in [4.78, 5) is 11.8. The molecular formula is C13H19NO4.